The second-order valence-electron chi connectivity index (χ2n) is 4.33. The van der Waals surface area contributed by atoms with Crippen LogP contribution in [0.15, 0.2) is 18.6 Å². The molecule has 0 bridgehead atoms. The second-order valence-corrected chi connectivity index (χ2v) is 5.39. The lowest BCUT2D eigenvalue weighted by Crippen LogP contribution is -2.18. The van der Waals surface area contributed by atoms with Gasteiger partial charge in [0, 0.05) is 35.4 Å². The highest BCUT2D eigenvalue weighted by molar-refractivity contribution is 7.15. The summed E-state index contributed by atoms with van der Waals surface area (Å²) in [6, 6.07) is 0.373. The molecule has 0 aliphatic rings. The summed E-state index contributed by atoms with van der Waals surface area (Å²) in [6.07, 6.45) is 7.05. The number of nitrogens with one attached hydrogen (secondary N) is 1. The van der Waals surface area contributed by atoms with Crippen LogP contribution in [0.5, 0.6) is 0 Å². The van der Waals surface area contributed by atoms with E-state index in [1.165, 1.54) is 4.88 Å². The lowest BCUT2D eigenvalue weighted by atomic mass is 10.3. The van der Waals surface area contributed by atoms with E-state index < -0.39 is 0 Å². The Morgan fingerprint density at radius 3 is 2.89 bits per heavy atom. The van der Waals surface area contributed by atoms with E-state index in [9.17, 15) is 0 Å². The average molecular weight is 264 g/mol. The van der Waals surface area contributed by atoms with Crippen molar-refractivity contribution in [3.63, 3.8) is 0 Å². The van der Waals surface area contributed by atoms with Crippen molar-refractivity contribution < 1.29 is 0 Å². The van der Waals surface area contributed by atoms with Crippen LogP contribution in [-0.2, 0) is 6.54 Å². The third kappa shape index (κ3) is 2.97. The fourth-order valence-electron chi connectivity index (χ4n) is 1.73. The third-order valence-electron chi connectivity index (χ3n) is 2.86. The maximum atomic E-state index is 4.49. The second kappa shape index (κ2) is 6.11. The van der Waals surface area contributed by atoms with E-state index in [4.69, 9.17) is 0 Å². The van der Waals surface area contributed by atoms with Crippen LogP contribution in [0.4, 0.5) is 0 Å². The SMILES string of the molecule is CCCNC(C)c1cnc(-c2cnn(CC)c2)s1. The molecule has 0 saturated heterocycles. The predicted molar refractivity (Wildman–Crippen MR) is 75.7 cm³/mol. The van der Waals surface area contributed by atoms with E-state index in [0.29, 0.717) is 6.04 Å². The minimum atomic E-state index is 0.373. The first-order chi connectivity index (χ1) is 8.74. The van der Waals surface area contributed by atoms with Gasteiger partial charge in [-0.3, -0.25) is 4.68 Å². The zero-order chi connectivity index (χ0) is 13.0. The maximum Gasteiger partial charge on any atom is 0.126 e. The molecule has 2 rings (SSSR count). The number of aromatic nitrogens is 3. The van der Waals surface area contributed by atoms with Crippen molar-refractivity contribution in [2.24, 2.45) is 0 Å². The van der Waals surface area contributed by atoms with Gasteiger partial charge in [0.05, 0.1) is 6.20 Å². The zero-order valence-corrected chi connectivity index (χ0v) is 12.0. The van der Waals surface area contributed by atoms with Gasteiger partial charge in [-0.15, -0.1) is 11.3 Å². The summed E-state index contributed by atoms with van der Waals surface area (Å²) in [7, 11) is 0. The summed E-state index contributed by atoms with van der Waals surface area (Å²) in [6.45, 7) is 8.38. The molecule has 0 radical (unpaired) electrons. The van der Waals surface area contributed by atoms with Gasteiger partial charge in [-0.25, -0.2) is 4.98 Å². The zero-order valence-electron chi connectivity index (χ0n) is 11.2. The quantitative estimate of drug-likeness (QED) is 0.872. The Morgan fingerprint density at radius 2 is 2.22 bits per heavy atom. The van der Waals surface area contributed by atoms with E-state index >= 15 is 0 Å². The highest BCUT2D eigenvalue weighted by atomic mass is 32.1. The molecule has 0 aliphatic carbocycles. The molecule has 1 N–H and O–H groups in total. The van der Waals surface area contributed by atoms with Crippen LogP contribution in [0.25, 0.3) is 10.6 Å². The van der Waals surface area contributed by atoms with E-state index in [1.54, 1.807) is 11.3 Å². The lowest BCUT2D eigenvalue weighted by Gasteiger charge is -2.09. The molecule has 2 aromatic heterocycles. The number of hydrogen-bond donors (Lipinski definition) is 1. The molecule has 1 unspecified atom stereocenters. The lowest BCUT2D eigenvalue weighted by molar-refractivity contribution is 0.577. The summed E-state index contributed by atoms with van der Waals surface area (Å²) in [5, 5.41) is 8.81. The van der Waals surface area contributed by atoms with Gasteiger partial charge in [-0.05, 0) is 26.8 Å². The summed E-state index contributed by atoms with van der Waals surface area (Å²) < 4.78 is 1.93. The first-order valence-corrected chi connectivity index (χ1v) is 7.28. The van der Waals surface area contributed by atoms with Crippen molar-refractivity contribution in [3.8, 4) is 10.6 Å². The predicted octanol–water partition coefficient (Wildman–Crippen LogP) is 3.09. The molecule has 1 atom stereocenters. The maximum absolute atomic E-state index is 4.49. The number of nitrogens with zero attached hydrogens (tertiary/aromatic N) is 3. The Balaban J connectivity index is 2.09. The molecule has 2 heterocycles. The summed E-state index contributed by atoms with van der Waals surface area (Å²) in [5.74, 6) is 0. The molecule has 0 saturated carbocycles. The molecule has 4 nitrogen and oxygen atoms in total. The Morgan fingerprint density at radius 1 is 1.39 bits per heavy atom. The van der Waals surface area contributed by atoms with E-state index in [1.807, 2.05) is 23.3 Å². The molecule has 2 aromatic rings. The molecular weight excluding hydrogens is 244 g/mol. The molecule has 0 aliphatic heterocycles. The molecular formula is C13H20N4S. The minimum absolute atomic E-state index is 0.373. The van der Waals surface area contributed by atoms with Gasteiger partial charge in [0.25, 0.3) is 0 Å². The van der Waals surface area contributed by atoms with E-state index in [0.717, 1.165) is 30.1 Å². The molecule has 18 heavy (non-hydrogen) atoms. The fourth-order valence-corrected chi connectivity index (χ4v) is 2.65. The average Bonchev–Trinajstić information content (AvgIpc) is 3.03. The topological polar surface area (TPSA) is 42.7 Å². The first kappa shape index (κ1) is 13.2. The molecule has 98 valence electrons. The van der Waals surface area contributed by atoms with Crippen LogP contribution < -0.4 is 5.32 Å². The van der Waals surface area contributed by atoms with E-state index in [-0.39, 0.29) is 0 Å². The van der Waals surface area contributed by atoms with Crippen molar-refractivity contribution in [1.82, 2.24) is 20.1 Å². The Bertz CT molecular complexity index is 489. The summed E-state index contributed by atoms with van der Waals surface area (Å²) >= 11 is 1.74. The number of hydrogen-bond acceptors (Lipinski definition) is 4. The van der Waals surface area contributed by atoms with Crippen LogP contribution in [0.2, 0.25) is 0 Å². The number of thiazole rings is 1. The van der Waals surface area contributed by atoms with Crippen LogP contribution >= 0.6 is 11.3 Å². The molecule has 5 heteroatoms. The van der Waals surface area contributed by atoms with Gasteiger partial charge < -0.3 is 5.32 Å². The van der Waals surface area contributed by atoms with Crippen molar-refractivity contribution in [3.05, 3.63) is 23.5 Å². The molecule has 0 spiro atoms. The monoisotopic (exact) mass is 264 g/mol. The fraction of sp³-hybridized carbons (Fsp3) is 0.538. The minimum Gasteiger partial charge on any atom is -0.309 e. The highest BCUT2D eigenvalue weighted by Crippen LogP contribution is 2.28. The van der Waals surface area contributed by atoms with Gasteiger partial charge in [0.15, 0.2) is 0 Å². The summed E-state index contributed by atoms with van der Waals surface area (Å²) in [5.41, 5.74) is 1.11. The van der Waals surface area contributed by atoms with E-state index in [2.05, 4.69) is 36.2 Å². The Hall–Kier alpha value is -1.20. The summed E-state index contributed by atoms with van der Waals surface area (Å²) in [4.78, 5) is 5.77. The van der Waals surface area contributed by atoms with Crippen molar-refractivity contribution in [1.29, 1.82) is 0 Å². The largest absolute Gasteiger partial charge is 0.309 e. The number of aryl methyl sites for hydroxylation is 1. The smallest absolute Gasteiger partial charge is 0.126 e. The van der Waals surface area contributed by atoms with Gasteiger partial charge in [-0.2, -0.15) is 5.10 Å². The first-order valence-electron chi connectivity index (χ1n) is 6.46. The van der Waals surface area contributed by atoms with Crippen LogP contribution in [0.1, 0.15) is 38.1 Å². The Labute approximate surface area is 112 Å². The highest BCUT2D eigenvalue weighted by Gasteiger charge is 2.11. The van der Waals surface area contributed by atoms with Crippen LogP contribution in [0.3, 0.4) is 0 Å². The number of rotatable bonds is 6. The molecule has 0 fully saturated rings. The molecule has 0 aromatic carbocycles. The van der Waals surface area contributed by atoms with Gasteiger partial charge in [0.1, 0.15) is 5.01 Å². The standard InChI is InChI=1S/C13H20N4S/c1-4-6-14-10(3)12-8-15-13(18-12)11-7-16-17(5-2)9-11/h7-10,14H,4-6H2,1-3H3. The third-order valence-corrected chi connectivity index (χ3v) is 4.08. The van der Waals surface area contributed by atoms with Crippen molar-refractivity contribution in [2.75, 3.05) is 6.54 Å². The van der Waals surface area contributed by atoms with Crippen molar-refractivity contribution >= 4 is 11.3 Å². The van der Waals surface area contributed by atoms with Gasteiger partial charge >= 0.3 is 0 Å². The van der Waals surface area contributed by atoms with Gasteiger partial charge in [-0.1, -0.05) is 6.92 Å². The molecule has 0 amide bonds. The van der Waals surface area contributed by atoms with Crippen LogP contribution in [0, 0.1) is 0 Å². The van der Waals surface area contributed by atoms with Crippen molar-refractivity contribution in [2.45, 2.75) is 39.8 Å². The van der Waals surface area contributed by atoms with Gasteiger partial charge in [0.2, 0.25) is 0 Å². The normalized spacial score (nSPS) is 12.8. The Kier molecular flexibility index (Phi) is 4.49. The van der Waals surface area contributed by atoms with Crippen LogP contribution in [-0.4, -0.2) is 21.3 Å².